The van der Waals surface area contributed by atoms with Gasteiger partial charge in [0.1, 0.15) is 12.4 Å². The van der Waals surface area contributed by atoms with Crippen LogP contribution in [0.1, 0.15) is 60.5 Å². The molecular weight excluding hydrogens is 320 g/mol. The van der Waals surface area contributed by atoms with Gasteiger partial charge in [-0.05, 0) is 44.4 Å². The molecule has 1 aromatic rings. The number of aromatic nitrogens is 2. The normalized spacial score (nSPS) is 27.4. The average molecular weight is 344 g/mol. The van der Waals surface area contributed by atoms with Crippen LogP contribution in [-0.4, -0.2) is 52.0 Å². The molecule has 134 valence electrons. The number of primary amides is 1. The Balaban J connectivity index is 1.36. The SMILES string of the molecule is NC(=O)[C@H]1CC[C@@H](C2CCN(C(=O)c3cncnc3C3CC3)CC2)O1. The molecule has 2 atom stereocenters. The van der Waals surface area contributed by atoms with Crippen molar-refractivity contribution in [3.63, 3.8) is 0 Å². The Hall–Kier alpha value is -2.02. The molecule has 3 aliphatic rings. The van der Waals surface area contributed by atoms with Crippen molar-refractivity contribution in [3.05, 3.63) is 23.8 Å². The van der Waals surface area contributed by atoms with E-state index < -0.39 is 6.10 Å². The van der Waals surface area contributed by atoms with Crippen LogP contribution in [0.25, 0.3) is 0 Å². The minimum absolute atomic E-state index is 0.0447. The van der Waals surface area contributed by atoms with Gasteiger partial charge in [0.2, 0.25) is 5.91 Å². The molecule has 4 rings (SSSR count). The molecule has 1 aliphatic carbocycles. The number of hydrogen-bond donors (Lipinski definition) is 1. The van der Waals surface area contributed by atoms with Gasteiger partial charge in [-0.25, -0.2) is 9.97 Å². The first kappa shape index (κ1) is 16.4. The summed E-state index contributed by atoms with van der Waals surface area (Å²) in [7, 11) is 0. The van der Waals surface area contributed by atoms with Crippen molar-refractivity contribution >= 4 is 11.8 Å². The number of hydrogen-bond acceptors (Lipinski definition) is 5. The summed E-state index contributed by atoms with van der Waals surface area (Å²) in [6.45, 7) is 1.42. The van der Waals surface area contributed by atoms with Gasteiger partial charge in [-0.1, -0.05) is 0 Å². The number of amides is 2. The molecule has 1 aromatic heterocycles. The van der Waals surface area contributed by atoms with Crippen LogP contribution in [0, 0.1) is 5.92 Å². The maximum atomic E-state index is 12.9. The molecule has 0 spiro atoms. The molecule has 25 heavy (non-hydrogen) atoms. The van der Waals surface area contributed by atoms with E-state index in [0.29, 0.717) is 36.9 Å². The Bertz CT molecular complexity index is 668. The van der Waals surface area contributed by atoms with Gasteiger partial charge < -0.3 is 15.4 Å². The number of carbonyl (C=O) groups is 2. The molecule has 0 bridgehead atoms. The van der Waals surface area contributed by atoms with Crippen molar-refractivity contribution in [3.8, 4) is 0 Å². The van der Waals surface area contributed by atoms with Crippen molar-refractivity contribution in [1.82, 2.24) is 14.9 Å². The number of rotatable bonds is 4. The van der Waals surface area contributed by atoms with E-state index in [-0.39, 0.29) is 17.9 Å². The van der Waals surface area contributed by atoms with Crippen molar-refractivity contribution in [2.45, 2.75) is 56.7 Å². The van der Waals surface area contributed by atoms with Gasteiger partial charge in [0, 0.05) is 25.2 Å². The number of ether oxygens (including phenoxy) is 1. The van der Waals surface area contributed by atoms with Crippen molar-refractivity contribution in [1.29, 1.82) is 0 Å². The molecule has 7 nitrogen and oxygen atoms in total. The lowest BCUT2D eigenvalue weighted by molar-refractivity contribution is -0.130. The van der Waals surface area contributed by atoms with Crippen LogP contribution in [0.4, 0.5) is 0 Å². The van der Waals surface area contributed by atoms with Gasteiger partial charge in [-0.2, -0.15) is 0 Å². The van der Waals surface area contributed by atoms with Gasteiger partial charge in [0.25, 0.3) is 5.91 Å². The van der Waals surface area contributed by atoms with Crippen molar-refractivity contribution < 1.29 is 14.3 Å². The minimum atomic E-state index is -0.438. The zero-order valence-electron chi connectivity index (χ0n) is 14.3. The van der Waals surface area contributed by atoms with Gasteiger partial charge in [0.15, 0.2) is 0 Å². The first-order valence-electron chi connectivity index (χ1n) is 9.17. The summed E-state index contributed by atoms with van der Waals surface area (Å²) >= 11 is 0. The fourth-order valence-corrected chi connectivity index (χ4v) is 4.05. The van der Waals surface area contributed by atoms with Crippen LogP contribution in [0.2, 0.25) is 0 Å². The van der Waals surface area contributed by atoms with Gasteiger partial charge in [-0.3, -0.25) is 9.59 Å². The second-order valence-corrected chi connectivity index (χ2v) is 7.37. The molecule has 0 unspecified atom stereocenters. The molecule has 0 radical (unpaired) electrons. The Labute approximate surface area is 146 Å². The maximum absolute atomic E-state index is 12.9. The lowest BCUT2D eigenvalue weighted by Gasteiger charge is -2.34. The van der Waals surface area contributed by atoms with Crippen LogP contribution >= 0.6 is 0 Å². The summed E-state index contributed by atoms with van der Waals surface area (Å²) in [5.41, 5.74) is 6.90. The molecule has 2 amide bonds. The summed E-state index contributed by atoms with van der Waals surface area (Å²) in [6.07, 6.45) is 8.46. The Morgan fingerprint density at radius 1 is 1.12 bits per heavy atom. The molecule has 2 N–H and O–H groups in total. The molecule has 1 saturated carbocycles. The Kier molecular flexibility index (Phi) is 4.41. The lowest BCUT2D eigenvalue weighted by atomic mass is 9.89. The fourth-order valence-electron chi connectivity index (χ4n) is 4.05. The fraction of sp³-hybridized carbons (Fsp3) is 0.667. The zero-order chi connectivity index (χ0) is 17.4. The highest BCUT2D eigenvalue weighted by atomic mass is 16.5. The largest absolute Gasteiger partial charge is 0.367 e. The smallest absolute Gasteiger partial charge is 0.257 e. The average Bonchev–Trinajstić information content (AvgIpc) is 3.37. The van der Waals surface area contributed by atoms with Crippen LogP contribution in [0.15, 0.2) is 12.5 Å². The lowest BCUT2D eigenvalue weighted by Crippen LogP contribution is -2.42. The van der Waals surface area contributed by atoms with Crippen LogP contribution in [0.5, 0.6) is 0 Å². The molecule has 3 fully saturated rings. The van der Waals surface area contributed by atoms with E-state index in [4.69, 9.17) is 10.5 Å². The summed E-state index contributed by atoms with van der Waals surface area (Å²) in [5, 5.41) is 0. The number of nitrogens with two attached hydrogens (primary N) is 1. The molecule has 0 aromatic carbocycles. The highest BCUT2D eigenvalue weighted by molar-refractivity contribution is 5.95. The van der Waals surface area contributed by atoms with E-state index >= 15 is 0 Å². The van der Waals surface area contributed by atoms with E-state index in [9.17, 15) is 9.59 Å². The molecule has 7 heteroatoms. The summed E-state index contributed by atoms with van der Waals surface area (Å²) in [5.74, 6) is 0.496. The Morgan fingerprint density at radius 2 is 1.88 bits per heavy atom. The number of carbonyl (C=O) groups excluding carboxylic acids is 2. The van der Waals surface area contributed by atoms with Gasteiger partial charge >= 0.3 is 0 Å². The Morgan fingerprint density at radius 3 is 2.52 bits per heavy atom. The topological polar surface area (TPSA) is 98.4 Å². The van der Waals surface area contributed by atoms with Gasteiger partial charge in [0.05, 0.1) is 17.4 Å². The second-order valence-electron chi connectivity index (χ2n) is 7.37. The monoisotopic (exact) mass is 344 g/mol. The van der Waals surface area contributed by atoms with E-state index in [2.05, 4.69) is 9.97 Å². The van der Waals surface area contributed by atoms with E-state index in [1.54, 1.807) is 6.20 Å². The van der Waals surface area contributed by atoms with E-state index in [1.807, 2.05) is 4.90 Å². The first-order chi connectivity index (χ1) is 12.1. The number of nitrogens with zero attached hydrogens (tertiary/aromatic N) is 3. The summed E-state index contributed by atoms with van der Waals surface area (Å²) in [4.78, 5) is 34.4. The predicted octanol–water partition coefficient (Wildman–Crippen LogP) is 1.24. The third-order valence-corrected chi connectivity index (χ3v) is 5.66. The zero-order valence-corrected chi connectivity index (χ0v) is 14.3. The second kappa shape index (κ2) is 6.71. The highest BCUT2D eigenvalue weighted by Crippen LogP contribution is 2.40. The quantitative estimate of drug-likeness (QED) is 0.886. The molecule has 2 aliphatic heterocycles. The molecule has 3 heterocycles. The van der Waals surface area contributed by atoms with Crippen molar-refractivity contribution in [2.75, 3.05) is 13.1 Å². The standard InChI is InChI=1S/C18H24N4O3/c19-17(23)15-4-3-14(25-15)11-5-7-22(8-6-11)18(24)13-9-20-10-21-16(13)12-1-2-12/h9-12,14-15H,1-8H2,(H2,19,23)/t14-,15+/m0/s1. The number of piperidine rings is 1. The van der Waals surface area contributed by atoms with Crippen LogP contribution < -0.4 is 5.73 Å². The third-order valence-electron chi connectivity index (χ3n) is 5.66. The van der Waals surface area contributed by atoms with Gasteiger partial charge in [-0.15, -0.1) is 0 Å². The first-order valence-corrected chi connectivity index (χ1v) is 9.17. The highest BCUT2D eigenvalue weighted by Gasteiger charge is 2.37. The minimum Gasteiger partial charge on any atom is -0.367 e. The van der Waals surface area contributed by atoms with E-state index in [1.165, 1.54) is 6.33 Å². The van der Waals surface area contributed by atoms with Crippen LogP contribution in [0.3, 0.4) is 0 Å². The predicted molar refractivity (Wildman–Crippen MR) is 89.7 cm³/mol. The van der Waals surface area contributed by atoms with E-state index in [0.717, 1.165) is 37.8 Å². The third kappa shape index (κ3) is 3.38. The molecule has 2 saturated heterocycles. The number of likely N-dealkylation sites (tertiary alicyclic amines) is 1. The van der Waals surface area contributed by atoms with Crippen molar-refractivity contribution in [2.24, 2.45) is 11.7 Å². The summed E-state index contributed by atoms with van der Waals surface area (Å²) in [6, 6.07) is 0. The maximum Gasteiger partial charge on any atom is 0.257 e. The summed E-state index contributed by atoms with van der Waals surface area (Å²) < 4.78 is 5.80. The van der Waals surface area contributed by atoms with Crippen LogP contribution in [-0.2, 0) is 9.53 Å². The molecular formula is C18H24N4O3.